The Morgan fingerprint density at radius 3 is 2.48 bits per heavy atom. The third kappa shape index (κ3) is 4.23. The molecule has 0 aliphatic carbocycles. The normalized spacial score (nSPS) is 19.1. The van der Waals surface area contributed by atoms with Gasteiger partial charge in [-0.15, -0.1) is 0 Å². The minimum Gasteiger partial charge on any atom is -0.337 e. The monoisotopic (exact) mass is 317 g/mol. The maximum atomic E-state index is 12.5. The average Bonchev–Trinajstić information content (AvgIpc) is 2.68. The van der Waals surface area contributed by atoms with Crippen molar-refractivity contribution < 1.29 is 22.8 Å². The molecule has 1 unspecified atom stereocenters. The summed E-state index contributed by atoms with van der Waals surface area (Å²) in [6.45, 7) is 2.17. The fourth-order valence-electron chi connectivity index (χ4n) is 2.22. The van der Waals surface area contributed by atoms with E-state index in [2.05, 4.69) is 0 Å². The van der Waals surface area contributed by atoms with Crippen LogP contribution in [0.15, 0.2) is 24.3 Å². The highest BCUT2D eigenvalue weighted by Gasteiger charge is 2.32. The van der Waals surface area contributed by atoms with E-state index in [1.54, 1.807) is 4.90 Å². The third-order valence-electron chi connectivity index (χ3n) is 3.17. The highest BCUT2D eigenvalue weighted by Crippen LogP contribution is 2.30. The van der Waals surface area contributed by atoms with Crippen molar-refractivity contribution in [1.29, 1.82) is 0 Å². The molecule has 0 spiro atoms. The first-order chi connectivity index (χ1) is 9.75. The molecule has 1 aliphatic heterocycles. The van der Waals surface area contributed by atoms with Gasteiger partial charge in [0.15, 0.2) is 5.12 Å². The second-order valence-electron chi connectivity index (χ2n) is 4.90. The quantitative estimate of drug-likeness (QED) is 0.860. The maximum Gasteiger partial charge on any atom is 0.416 e. The average molecular weight is 317 g/mol. The SMILES string of the molecule is CC(=O)SC1CC(=O)N(Cc2ccc(C(F)(F)F)cc2)C1. The highest BCUT2D eigenvalue weighted by molar-refractivity contribution is 8.14. The molecule has 7 heteroatoms. The minimum atomic E-state index is -4.36. The van der Waals surface area contributed by atoms with E-state index in [0.29, 0.717) is 18.5 Å². The van der Waals surface area contributed by atoms with Gasteiger partial charge in [0, 0.05) is 31.7 Å². The molecule has 0 bridgehead atoms. The molecule has 0 N–H and O–H groups in total. The van der Waals surface area contributed by atoms with Gasteiger partial charge in [-0.1, -0.05) is 23.9 Å². The van der Waals surface area contributed by atoms with Crippen LogP contribution in [0.4, 0.5) is 13.2 Å². The van der Waals surface area contributed by atoms with Crippen LogP contribution in [0.5, 0.6) is 0 Å². The lowest BCUT2D eigenvalue weighted by molar-refractivity contribution is -0.137. The van der Waals surface area contributed by atoms with Crippen LogP contribution in [0.3, 0.4) is 0 Å². The van der Waals surface area contributed by atoms with Crippen molar-refractivity contribution in [2.45, 2.75) is 31.3 Å². The fourth-order valence-corrected chi connectivity index (χ4v) is 3.17. The van der Waals surface area contributed by atoms with E-state index in [4.69, 9.17) is 0 Å². The van der Waals surface area contributed by atoms with Crippen LogP contribution in [-0.2, 0) is 22.3 Å². The first-order valence-electron chi connectivity index (χ1n) is 6.37. The Kier molecular flexibility index (Phi) is 4.61. The van der Waals surface area contributed by atoms with E-state index >= 15 is 0 Å². The van der Waals surface area contributed by atoms with Gasteiger partial charge in [-0.3, -0.25) is 9.59 Å². The number of hydrogen-bond donors (Lipinski definition) is 0. The predicted molar refractivity (Wildman–Crippen MR) is 73.5 cm³/mol. The molecule has 3 nitrogen and oxygen atoms in total. The number of halogens is 3. The van der Waals surface area contributed by atoms with Crippen LogP contribution in [0.2, 0.25) is 0 Å². The Hall–Kier alpha value is -1.50. The predicted octanol–water partition coefficient (Wildman–Crippen LogP) is 3.09. The molecule has 1 atom stereocenters. The molecule has 1 aromatic rings. The standard InChI is InChI=1S/C14H14F3NO2S/c1-9(19)21-12-6-13(20)18(8-12)7-10-2-4-11(5-3-10)14(15,16)17/h2-5,12H,6-8H2,1H3. The molecule has 1 aromatic carbocycles. The van der Waals surface area contributed by atoms with Gasteiger partial charge in [0.05, 0.1) is 5.56 Å². The van der Waals surface area contributed by atoms with Crippen molar-refractivity contribution in [3.05, 3.63) is 35.4 Å². The number of carbonyl (C=O) groups excluding carboxylic acids is 2. The van der Waals surface area contributed by atoms with E-state index in [1.165, 1.54) is 19.1 Å². The number of nitrogens with zero attached hydrogens (tertiary/aromatic N) is 1. The Labute approximate surface area is 124 Å². The topological polar surface area (TPSA) is 37.4 Å². The van der Waals surface area contributed by atoms with Crippen LogP contribution in [0.25, 0.3) is 0 Å². The van der Waals surface area contributed by atoms with Gasteiger partial charge in [0.25, 0.3) is 0 Å². The minimum absolute atomic E-state index is 0.0378. The number of benzene rings is 1. The summed E-state index contributed by atoms with van der Waals surface area (Å²) in [5, 5.41) is -0.103. The van der Waals surface area contributed by atoms with Gasteiger partial charge < -0.3 is 4.90 Å². The second-order valence-corrected chi connectivity index (χ2v) is 6.38. The van der Waals surface area contributed by atoms with Gasteiger partial charge in [-0.05, 0) is 17.7 Å². The molecular weight excluding hydrogens is 303 g/mol. The molecule has 0 saturated carbocycles. The number of hydrogen-bond acceptors (Lipinski definition) is 3. The van der Waals surface area contributed by atoms with E-state index in [1.807, 2.05) is 0 Å². The summed E-state index contributed by atoms with van der Waals surface area (Å²) in [5.74, 6) is -0.0753. The summed E-state index contributed by atoms with van der Waals surface area (Å²) >= 11 is 1.14. The second kappa shape index (κ2) is 6.09. The zero-order chi connectivity index (χ0) is 15.6. The van der Waals surface area contributed by atoms with Crippen molar-refractivity contribution >= 4 is 22.8 Å². The molecule has 0 aromatic heterocycles. The van der Waals surface area contributed by atoms with E-state index in [0.717, 1.165) is 23.9 Å². The third-order valence-corrected chi connectivity index (χ3v) is 4.15. The van der Waals surface area contributed by atoms with Crippen molar-refractivity contribution in [3.63, 3.8) is 0 Å². The Balaban J connectivity index is 1.99. The zero-order valence-corrected chi connectivity index (χ0v) is 12.1. The van der Waals surface area contributed by atoms with E-state index in [9.17, 15) is 22.8 Å². The first kappa shape index (κ1) is 15.9. The molecule has 0 radical (unpaired) electrons. The Bertz CT molecular complexity index is 542. The maximum absolute atomic E-state index is 12.5. The van der Waals surface area contributed by atoms with E-state index < -0.39 is 11.7 Å². The van der Waals surface area contributed by atoms with Crippen molar-refractivity contribution in [3.8, 4) is 0 Å². The lowest BCUT2D eigenvalue weighted by Crippen LogP contribution is -2.25. The largest absolute Gasteiger partial charge is 0.416 e. The molecule has 1 saturated heterocycles. The molecule has 1 fully saturated rings. The molecule has 1 aliphatic rings. The van der Waals surface area contributed by atoms with Crippen LogP contribution in [0.1, 0.15) is 24.5 Å². The molecule has 1 amide bonds. The number of carbonyl (C=O) groups is 2. The number of alkyl halides is 3. The lowest BCUT2D eigenvalue weighted by atomic mass is 10.1. The van der Waals surface area contributed by atoms with Gasteiger partial charge in [-0.2, -0.15) is 13.2 Å². The number of amides is 1. The molecule has 114 valence electrons. The van der Waals surface area contributed by atoms with Gasteiger partial charge >= 0.3 is 6.18 Å². The zero-order valence-electron chi connectivity index (χ0n) is 11.3. The Morgan fingerprint density at radius 2 is 1.95 bits per heavy atom. The van der Waals surface area contributed by atoms with Gasteiger partial charge in [0.1, 0.15) is 0 Å². The van der Waals surface area contributed by atoms with Crippen LogP contribution in [-0.4, -0.2) is 27.7 Å². The van der Waals surface area contributed by atoms with Crippen molar-refractivity contribution in [2.75, 3.05) is 6.54 Å². The summed E-state index contributed by atoms with van der Waals surface area (Å²) in [5.41, 5.74) is -0.0613. The van der Waals surface area contributed by atoms with Gasteiger partial charge in [0.2, 0.25) is 5.91 Å². The van der Waals surface area contributed by atoms with Gasteiger partial charge in [-0.25, -0.2) is 0 Å². The lowest BCUT2D eigenvalue weighted by Gasteiger charge is -2.17. The molecule has 21 heavy (non-hydrogen) atoms. The van der Waals surface area contributed by atoms with Crippen LogP contribution >= 0.6 is 11.8 Å². The van der Waals surface area contributed by atoms with Crippen LogP contribution in [0, 0.1) is 0 Å². The summed E-state index contributed by atoms with van der Waals surface area (Å²) in [7, 11) is 0. The van der Waals surface area contributed by atoms with Crippen molar-refractivity contribution in [2.24, 2.45) is 0 Å². The smallest absolute Gasteiger partial charge is 0.337 e. The molecular formula is C14H14F3NO2S. The van der Waals surface area contributed by atoms with E-state index in [-0.39, 0.29) is 22.8 Å². The number of thioether (sulfide) groups is 1. The number of rotatable bonds is 3. The summed E-state index contributed by atoms with van der Waals surface area (Å²) in [6, 6.07) is 4.78. The first-order valence-corrected chi connectivity index (χ1v) is 7.25. The highest BCUT2D eigenvalue weighted by atomic mass is 32.2. The summed E-state index contributed by atoms with van der Waals surface area (Å²) in [4.78, 5) is 24.4. The number of likely N-dealkylation sites (tertiary alicyclic amines) is 1. The summed E-state index contributed by atoms with van der Waals surface area (Å²) < 4.78 is 37.4. The fraction of sp³-hybridized carbons (Fsp3) is 0.429. The van der Waals surface area contributed by atoms with Crippen LogP contribution < -0.4 is 0 Å². The molecule has 1 heterocycles. The molecule has 2 rings (SSSR count). The van der Waals surface area contributed by atoms with Crippen molar-refractivity contribution in [1.82, 2.24) is 4.90 Å². The Morgan fingerprint density at radius 1 is 1.33 bits per heavy atom. The summed E-state index contributed by atoms with van der Waals surface area (Å²) in [6.07, 6.45) is -4.06.